The van der Waals surface area contributed by atoms with Crippen LogP contribution in [0.25, 0.3) is 0 Å². The molecular weight excluding hydrogens is 530 g/mol. The molecule has 2 N–H and O–H groups in total. The lowest BCUT2D eigenvalue weighted by Gasteiger charge is -2.29. The van der Waals surface area contributed by atoms with Gasteiger partial charge in [0.05, 0.1) is 23.8 Å². The maximum absolute atomic E-state index is 13.7. The highest BCUT2D eigenvalue weighted by Gasteiger charge is 2.35. The van der Waals surface area contributed by atoms with E-state index in [-0.39, 0.29) is 5.91 Å². The van der Waals surface area contributed by atoms with Crippen LogP contribution in [0.4, 0.5) is 11.6 Å². The van der Waals surface area contributed by atoms with Crippen LogP contribution in [-0.2, 0) is 4.79 Å². The average Bonchev–Trinajstić information content (AvgIpc) is 3.20. The lowest BCUT2D eigenvalue weighted by Crippen LogP contribution is -2.31. The van der Waals surface area contributed by atoms with Gasteiger partial charge in [0.15, 0.2) is 11.5 Å². The molecule has 1 aliphatic heterocycles. The largest absolute Gasteiger partial charge is 0.492 e. The molecule has 3 aromatic rings. The number of methoxy groups -OCH3 is 1. The third-order valence-electron chi connectivity index (χ3n) is 5.48. The van der Waals surface area contributed by atoms with Gasteiger partial charge in [-0.25, -0.2) is 4.68 Å². The summed E-state index contributed by atoms with van der Waals surface area (Å²) in [6.45, 7) is 8.31. The number of carbonyl (C=O) groups excluding carboxylic acids is 1. The number of anilines is 2. The quantitative estimate of drug-likeness (QED) is 0.338. The van der Waals surface area contributed by atoms with E-state index in [4.69, 9.17) is 14.6 Å². The SMILES string of the molecule is CCOc1cc(C2C(C(=O)Nc3cccc(C)c3)=C(C)Nc3nc(SCC)nn32)cc(Br)c1OC. The van der Waals surface area contributed by atoms with Gasteiger partial charge in [0, 0.05) is 11.4 Å². The van der Waals surface area contributed by atoms with Gasteiger partial charge in [-0.1, -0.05) is 30.8 Å². The number of nitrogens with one attached hydrogen (secondary N) is 2. The maximum atomic E-state index is 13.7. The molecule has 0 spiro atoms. The lowest BCUT2D eigenvalue weighted by molar-refractivity contribution is -0.113. The number of aromatic nitrogens is 3. The van der Waals surface area contributed by atoms with Crippen LogP contribution < -0.4 is 20.1 Å². The molecule has 8 nitrogen and oxygen atoms in total. The van der Waals surface area contributed by atoms with Gasteiger partial charge in [-0.3, -0.25) is 4.79 Å². The number of amides is 1. The van der Waals surface area contributed by atoms with Crippen molar-refractivity contribution in [2.75, 3.05) is 30.1 Å². The molecule has 1 aliphatic rings. The molecule has 0 radical (unpaired) electrons. The summed E-state index contributed by atoms with van der Waals surface area (Å²) in [5.41, 5.74) is 3.85. The number of halogens is 1. The zero-order valence-corrected chi connectivity index (χ0v) is 22.7. The number of benzene rings is 2. The number of carbonyl (C=O) groups is 1. The summed E-state index contributed by atoms with van der Waals surface area (Å²) in [6.07, 6.45) is 0. The monoisotopic (exact) mass is 557 g/mol. The van der Waals surface area contributed by atoms with Gasteiger partial charge in [-0.2, -0.15) is 4.98 Å². The van der Waals surface area contributed by atoms with Gasteiger partial charge in [0.1, 0.15) is 6.04 Å². The molecule has 0 aliphatic carbocycles. The molecule has 1 unspecified atom stereocenters. The van der Waals surface area contributed by atoms with Crippen LogP contribution in [0.2, 0.25) is 0 Å². The van der Waals surface area contributed by atoms with Crippen molar-refractivity contribution < 1.29 is 14.3 Å². The molecule has 0 saturated heterocycles. The molecule has 0 fully saturated rings. The highest BCUT2D eigenvalue weighted by atomic mass is 79.9. The Morgan fingerprint density at radius 1 is 1.26 bits per heavy atom. The fourth-order valence-electron chi connectivity index (χ4n) is 4.05. The van der Waals surface area contributed by atoms with E-state index < -0.39 is 6.04 Å². The van der Waals surface area contributed by atoms with Gasteiger partial charge in [0.2, 0.25) is 11.1 Å². The first-order valence-corrected chi connectivity index (χ1v) is 13.1. The number of thioether (sulfide) groups is 1. The summed E-state index contributed by atoms with van der Waals surface area (Å²) >= 11 is 5.16. The first-order chi connectivity index (χ1) is 16.9. The number of rotatable bonds is 8. The van der Waals surface area contributed by atoms with Crippen molar-refractivity contribution >= 4 is 45.2 Å². The van der Waals surface area contributed by atoms with Crippen molar-refractivity contribution in [1.82, 2.24) is 14.8 Å². The first kappa shape index (κ1) is 25.1. The standard InChI is InChI=1S/C25H28BrN5O3S/c1-6-34-19-13-16(12-18(26)22(19)33-5)21-20(23(32)28-17-10-8-9-14(3)11-17)15(4)27-24-29-25(35-7-2)30-31(21)24/h8-13,21H,6-7H2,1-5H3,(H,28,32)(H,27,29,30). The molecule has 0 saturated carbocycles. The fourth-order valence-corrected chi connectivity index (χ4v) is 5.23. The summed E-state index contributed by atoms with van der Waals surface area (Å²) in [5.74, 6) is 2.38. The number of allylic oxidation sites excluding steroid dienone is 1. The van der Waals surface area contributed by atoms with Gasteiger partial charge in [-0.15, -0.1) is 5.10 Å². The van der Waals surface area contributed by atoms with E-state index in [0.29, 0.717) is 40.5 Å². The molecule has 4 rings (SSSR count). The molecule has 10 heteroatoms. The number of hydrogen-bond donors (Lipinski definition) is 2. The Bertz CT molecular complexity index is 1290. The molecule has 35 heavy (non-hydrogen) atoms. The molecule has 2 aromatic carbocycles. The Balaban J connectivity index is 1.85. The number of ether oxygens (including phenoxy) is 2. The summed E-state index contributed by atoms with van der Waals surface area (Å²) in [5, 5.41) is 11.7. The van der Waals surface area contributed by atoms with E-state index in [1.54, 1.807) is 23.6 Å². The predicted molar refractivity (Wildman–Crippen MR) is 143 cm³/mol. The smallest absolute Gasteiger partial charge is 0.255 e. The minimum Gasteiger partial charge on any atom is -0.492 e. The normalized spacial score (nSPS) is 14.9. The van der Waals surface area contributed by atoms with Crippen molar-refractivity contribution in [3.63, 3.8) is 0 Å². The van der Waals surface area contributed by atoms with Crippen LogP contribution >= 0.6 is 27.7 Å². The maximum Gasteiger partial charge on any atom is 0.255 e. The number of aryl methyl sites for hydroxylation is 1. The number of hydrogen-bond acceptors (Lipinski definition) is 7. The Morgan fingerprint density at radius 2 is 2.06 bits per heavy atom. The van der Waals surface area contributed by atoms with Crippen molar-refractivity contribution in [3.05, 3.63) is 63.3 Å². The van der Waals surface area contributed by atoms with Crippen molar-refractivity contribution in [1.29, 1.82) is 0 Å². The summed E-state index contributed by atoms with van der Waals surface area (Å²) in [6, 6.07) is 11.0. The van der Waals surface area contributed by atoms with E-state index in [0.717, 1.165) is 27.0 Å². The van der Waals surface area contributed by atoms with Crippen LogP contribution in [0, 0.1) is 6.92 Å². The third kappa shape index (κ3) is 5.18. The van der Waals surface area contributed by atoms with Crippen LogP contribution in [0.1, 0.15) is 37.9 Å². The Kier molecular flexibility index (Phi) is 7.71. The van der Waals surface area contributed by atoms with Crippen molar-refractivity contribution in [3.8, 4) is 11.5 Å². The van der Waals surface area contributed by atoms with Crippen LogP contribution in [-0.4, -0.2) is 40.1 Å². The van der Waals surface area contributed by atoms with Crippen LogP contribution in [0.3, 0.4) is 0 Å². The van der Waals surface area contributed by atoms with E-state index in [1.807, 2.05) is 57.2 Å². The summed E-state index contributed by atoms with van der Waals surface area (Å²) in [4.78, 5) is 18.3. The summed E-state index contributed by atoms with van der Waals surface area (Å²) < 4.78 is 13.9. The van der Waals surface area contributed by atoms with E-state index in [1.165, 1.54) is 0 Å². The van der Waals surface area contributed by atoms with E-state index >= 15 is 0 Å². The van der Waals surface area contributed by atoms with Crippen LogP contribution in [0.5, 0.6) is 11.5 Å². The van der Waals surface area contributed by atoms with Crippen molar-refractivity contribution in [2.45, 2.75) is 38.9 Å². The molecule has 1 aromatic heterocycles. The second-order valence-corrected chi connectivity index (χ2v) is 10.0. The Morgan fingerprint density at radius 3 is 2.74 bits per heavy atom. The molecule has 0 bridgehead atoms. The highest BCUT2D eigenvalue weighted by Crippen LogP contribution is 2.43. The van der Waals surface area contributed by atoms with Crippen molar-refractivity contribution in [2.24, 2.45) is 0 Å². The number of nitrogens with zero attached hydrogens (tertiary/aromatic N) is 3. The average molecular weight is 559 g/mol. The third-order valence-corrected chi connectivity index (χ3v) is 6.79. The fraction of sp³-hybridized carbons (Fsp3) is 0.320. The minimum atomic E-state index is -0.531. The first-order valence-electron chi connectivity index (χ1n) is 11.3. The van der Waals surface area contributed by atoms with E-state index in [9.17, 15) is 4.79 Å². The topological polar surface area (TPSA) is 90.3 Å². The highest BCUT2D eigenvalue weighted by molar-refractivity contribution is 9.10. The molecule has 1 amide bonds. The van der Waals surface area contributed by atoms with Gasteiger partial charge in [-0.05, 0) is 77.8 Å². The zero-order chi connectivity index (χ0) is 25.1. The second-order valence-electron chi connectivity index (χ2n) is 7.95. The van der Waals surface area contributed by atoms with Gasteiger partial charge in [0.25, 0.3) is 5.91 Å². The number of fused-ring (bicyclic) bond motifs is 1. The van der Waals surface area contributed by atoms with Crippen LogP contribution in [0.15, 0.2) is 57.3 Å². The van der Waals surface area contributed by atoms with Gasteiger partial charge >= 0.3 is 0 Å². The van der Waals surface area contributed by atoms with E-state index in [2.05, 4.69) is 38.5 Å². The Labute approximate surface area is 217 Å². The molecule has 1 atom stereocenters. The second kappa shape index (κ2) is 10.7. The zero-order valence-electron chi connectivity index (χ0n) is 20.3. The minimum absolute atomic E-state index is 0.221. The molecule has 2 heterocycles. The predicted octanol–water partition coefficient (Wildman–Crippen LogP) is 5.80. The molecule has 184 valence electrons. The lowest BCUT2D eigenvalue weighted by atomic mass is 9.94. The van der Waals surface area contributed by atoms with Gasteiger partial charge < -0.3 is 20.1 Å². The summed E-state index contributed by atoms with van der Waals surface area (Å²) in [7, 11) is 1.60. The Hall–Kier alpha value is -2.98. The molecular formula is C25H28BrN5O3S.